The van der Waals surface area contributed by atoms with E-state index in [1.165, 1.54) is 44.2 Å². The maximum absolute atomic E-state index is 6.22. The number of rotatable bonds is 2. The number of nitrogens with zero attached hydrogens (tertiary/aromatic N) is 1. The molecular formula is C30H22N2O. The van der Waals surface area contributed by atoms with Crippen LogP contribution in [0, 0.1) is 0 Å². The molecular weight excluding hydrogens is 404 g/mol. The molecule has 0 bridgehead atoms. The van der Waals surface area contributed by atoms with Crippen molar-refractivity contribution in [2.45, 2.75) is 12.0 Å². The zero-order chi connectivity index (χ0) is 21.9. The highest BCUT2D eigenvalue weighted by atomic mass is 16.5. The summed E-state index contributed by atoms with van der Waals surface area (Å²) in [5, 5.41) is 2.53. The predicted molar refractivity (Wildman–Crippen MR) is 135 cm³/mol. The minimum atomic E-state index is -0.104. The van der Waals surface area contributed by atoms with Crippen molar-refractivity contribution in [3.8, 4) is 22.6 Å². The van der Waals surface area contributed by atoms with Gasteiger partial charge in [0.05, 0.1) is 22.4 Å². The Morgan fingerprint density at radius 1 is 0.758 bits per heavy atom. The second-order valence-corrected chi connectivity index (χ2v) is 8.76. The monoisotopic (exact) mass is 426 g/mol. The first-order valence-electron chi connectivity index (χ1n) is 11.3. The fourth-order valence-corrected chi connectivity index (χ4v) is 5.41. The van der Waals surface area contributed by atoms with Crippen LogP contribution in [0.4, 0.5) is 0 Å². The number of hydrogen-bond acceptors (Lipinski definition) is 2. The predicted octanol–water partition coefficient (Wildman–Crippen LogP) is 6.71. The third-order valence-corrected chi connectivity index (χ3v) is 6.92. The average Bonchev–Trinajstić information content (AvgIpc) is 3.40. The zero-order valence-corrected chi connectivity index (χ0v) is 18.0. The maximum Gasteiger partial charge on any atom is 0.148 e. The smallest absolute Gasteiger partial charge is 0.148 e. The number of ether oxygens (including phenoxy) is 1. The Hall–Kier alpha value is -4.24. The molecule has 0 radical (unpaired) electrons. The molecule has 2 atom stereocenters. The van der Waals surface area contributed by atoms with Crippen LogP contribution in [-0.4, -0.2) is 10.7 Å². The quantitative estimate of drug-likeness (QED) is 0.341. The highest BCUT2D eigenvalue weighted by Gasteiger charge is 2.35. The van der Waals surface area contributed by atoms with Crippen molar-refractivity contribution in [2.24, 2.45) is 5.73 Å². The van der Waals surface area contributed by atoms with Crippen molar-refractivity contribution < 1.29 is 4.74 Å². The Labute approximate surface area is 192 Å². The summed E-state index contributed by atoms with van der Waals surface area (Å²) in [5.41, 5.74) is 14.2. The molecule has 5 aromatic rings. The fraction of sp³-hybridized carbons (Fsp3) is 0.0667. The number of para-hydroxylation sites is 3. The van der Waals surface area contributed by atoms with E-state index in [4.69, 9.17) is 10.5 Å². The van der Waals surface area contributed by atoms with Crippen LogP contribution < -0.4 is 10.5 Å². The Morgan fingerprint density at radius 3 is 2.24 bits per heavy atom. The van der Waals surface area contributed by atoms with Crippen LogP contribution in [0.3, 0.4) is 0 Å². The van der Waals surface area contributed by atoms with E-state index < -0.39 is 0 Å². The van der Waals surface area contributed by atoms with Crippen molar-refractivity contribution in [2.75, 3.05) is 0 Å². The second-order valence-electron chi connectivity index (χ2n) is 8.76. The first kappa shape index (κ1) is 18.3. The molecule has 1 aliphatic carbocycles. The normalized spacial score (nSPS) is 18.7. The Kier molecular flexibility index (Phi) is 3.82. The SMILES string of the molecule is NC1=CC=CC2c3cc(-c4ccccc4-n4c5ccccc5c5ccccc54)ccc3OC12. The van der Waals surface area contributed by atoms with Gasteiger partial charge in [0.2, 0.25) is 0 Å². The van der Waals surface area contributed by atoms with Gasteiger partial charge in [-0.2, -0.15) is 0 Å². The largest absolute Gasteiger partial charge is 0.483 e. The standard InChI is InChI=1S/C30H22N2O/c31-25-12-7-11-23-24-18-19(16-17-29(24)33-30(23)25)20-8-1-4-13-26(20)32-27-14-5-2-9-21(27)22-10-3-6-15-28(22)32/h1-18,23,30H,31H2. The van der Waals surface area contributed by atoms with E-state index in [9.17, 15) is 0 Å². The summed E-state index contributed by atoms with van der Waals surface area (Å²) in [7, 11) is 0. The summed E-state index contributed by atoms with van der Waals surface area (Å²) in [6, 6.07) is 32.4. The molecule has 2 unspecified atom stereocenters. The molecule has 4 aromatic carbocycles. The van der Waals surface area contributed by atoms with Crippen molar-refractivity contribution in [1.82, 2.24) is 4.57 Å². The molecule has 0 amide bonds. The minimum Gasteiger partial charge on any atom is -0.483 e. The van der Waals surface area contributed by atoms with Gasteiger partial charge in [0.1, 0.15) is 11.9 Å². The van der Waals surface area contributed by atoms with E-state index in [1.54, 1.807) is 0 Å². The lowest BCUT2D eigenvalue weighted by Gasteiger charge is -2.19. The summed E-state index contributed by atoms with van der Waals surface area (Å²) in [5.74, 6) is 1.08. The van der Waals surface area contributed by atoms with Gasteiger partial charge < -0.3 is 15.0 Å². The van der Waals surface area contributed by atoms with Crippen LogP contribution in [-0.2, 0) is 0 Å². The second kappa shape index (κ2) is 6.88. The van der Waals surface area contributed by atoms with Crippen LogP contribution >= 0.6 is 0 Å². The summed E-state index contributed by atoms with van der Waals surface area (Å²) < 4.78 is 8.56. The molecule has 0 fully saturated rings. The van der Waals surface area contributed by atoms with Crippen LogP contribution in [0.15, 0.2) is 115 Å². The van der Waals surface area contributed by atoms with Crippen LogP contribution in [0.1, 0.15) is 11.5 Å². The summed E-state index contributed by atoms with van der Waals surface area (Å²) in [4.78, 5) is 0. The van der Waals surface area contributed by atoms with Gasteiger partial charge in [-0.25, -0.2) is 0 Å². The Bertz CT molecular complexity index is 1570. The molecule has 3 nitrogen and oxygen atoms in total. The average molecular weight is 427 g/mol. The summed E-state index contributed by atoms with van der Waals surface area (Å²) >= 11 is 0. The highest BCUT2D eigenvalue weighted by Crippen LogP contribution is 2.45. The highest BCUT2D eigenvalue weighted by molar-refractivity contribution is 6.09. The number of allylic oxidation sites excluding steroid dienone is 2. The summed E-state index contributed by atoms with van der Waals surface area (Å²) in [6.45, 7) is 0. The molecule has 33 heavy (non-hydrogen) atoms. The van der Waals surface area contributed by atoms with E-state index >= 15 is 0 Å². The molecule has 0 saturated carbocycles. The van der Waals surface area contributed by atoms with E-state index in [0.29, 0.717) is 0 Å². The number of aromatic nitrogens is 1. The lowest BCUT2D eigenvalue weighted by molar-refractivity contribution is 0.253. The molecule has 0 spiro atoms. The van der Waals surface area contributed by atoms with E-state index in [1.807, 2.05) is 12.2 Å². The third kappa shape index (κ3) is 2.63. The molecule has 1 aliphatic heterocycles. The molecule has 158 valence electrons. The third-order valence-electron chi connectivity index (χ3n) is 6.92. The van der Waals surface area contributed by atoms with E-state index in [0.717, 1.165) is 11.4 Å². The molecule has 2 N–H and O–H groups in total. The number of nitrogens with two attached hydrogens (primary N) is 1. The van der Waals surface area contributed by atoms with Crippen LogP contribution in [0.2, 0.25) is 0 Å². The van der Waals surface area contributed by atoms with Gasteiger partial charge in [0.15, 0.2) is 0 Å². The minimum absolute atomic E-state index is 0.104. The van der Waals surface area contributed by atoms with Crippen molar-refractivity contribution >= 4 is 21.8 Å². The molecule has 2 heterocycles. The van der Waals surface area contributed by atoms with Gasteiger partial charge in [0, 0.05) is 27.8 Å². The zero-order valence-electron chi connectivity index (χ0n) is 18.0. The Morgan fingerprint density at radius 2 is 1.45 bits per heavy atom. The van der Waals surface area contributed by atoms with Crippen LogP contribution in [0.25, 0.3) is 38.6 Å². The molecule has 0 saturated heterocycles. The lowest BCUT2D eigenvalue weighted by atomic mass is 9.88. The Balaban J connectivity index is 1.45. The molecule has 1 aromatic heterocycles. The molecule has 3 heteroatoms. The van der Waals surface area contributed by atoms with Crippen LogP contribution in [0.5, 0.6) is 5.75 Å². The first-order valence-corrected chi connectivity index (χ1v) is 11.3. The summed E-state index contributed by atoms with van der Waals surface area (Å²) in [6.07, 6.45) is 6.06. The topological polar surface area (TPSA) is 40.2 Å². The van der Waals surface area contributed by atoms with Crippen molar-refractivity contribution in [1.29, 1.82) is 0 Å². The number of fused-ring (bicyclic) bond motifs is 6. The van der Waals surface area contributed by atoms with Gasteiger partial charge >= 0.3 is 0 Å². The first-order chi connectivity index (χ1) is 16.3. The lowest BCUT2D eigenvalue weighted by Crippen LogP contribution is -2.26. The number of hydrogen-bond donors (Lipinski definition) is 1. The molecule has 7 rings (SSSR count). The maximum atomic E-state index is 6.22. The fourth-order valence-electron chi connectivity index (χ4n) is 5.41. The van der Waals surface area contributed by atoms with Gasteiger partial charge in [-0.3, -0.25) is 0 Å². The number of benzene rings is 4. The molecule has 2 aliphatic rings. The van der Waals surface area contributed by atoms with Crippen molar-refractivity contribution in [3.63, 3.8) is 0 Å². The van der Waals surface area contributed by atoms with Gasteiger partial charge in [0.25, 0.3) is 0 Å². The van der Waals surface area contributed by atoms with Gasteiger partial charge in [-0.05, 0) is 42.0 Å². The van der Waals surface area contributed by atoms with Gasteiger partial charge in [-0.15, -0.1) is 0 Å². The van der Waals surface area contributed by atoms with Crippen molar-refractivity contribution in [3.05, 3.63) is 120 Å². The van der Waals surface area contributed by atoms with Gasteiger partial charge in [-0.1, -0.05) is 72.8 Å². The van der Waals surface area contributed by atoms with E-state index in [-0.39, 0.29) is 12.0 Å². The van der Waals surface area contributed by atoms with E-state index in [2.05, 4.69) is 102 Å².